The number of aryl methyl sites for hydroxylation is 2. The second-order valence-electron chi connectivity index (χ2n) is 5.58. The Hall–Kier alpha value is -1.63. The van der Waals surface area contributed by atoms with Crippen molar-refractivity contribution < 1.29 is 12.8 Å². The molecule has 1 aliphatic rings. The molecule has 1 unspecified atom stereocenters. The van der Waals surface area contributed by atoms with Crippen molar-refractivity contribution in [3.63, 3.8) is 0 Å². The molecule has 22 heavy (non-hydrogen) atoms. The maximum absolute atomic E-state index is 12.4. The lowest BCUT2D eigenvalue weighted by atomic mass is 9.95. The highest BCUT2D eigenvalue weighted by molar-refractivity contribution is 7.89. The van der Waals surface area contributed by atoms with E-state index in [1.165, 1.54) is 5.56 Å². The zero-order valence-corrected chi connectivity index (χ0v) is 13.5. The fourth-order valence-corrected chi connectivity index (χ4v) is 4.20. The van der Waals surface area contributed by atoms with Gasteiger partial charge in [0.1, 0.15) is 16.4 Å². The molecule has 0 amide bonds. The molecule has 1 aliphatic heterocycles. The third-order valence-electron chi connectivity index (χ3n) is 3.98. The van der Waals surface area contributed by atoms with Gasteiger partial charge in [-0.2, -0.15) is 0 Å². The second-order valence-corrected chi connectivity index (χ2v) is 7.32. The molecule has 5 nitrogen and oxygen atoms in total. The highest BCUT2D eigenvalue weighted by Crippen LogP contribution is 2.23. The Morgan fingerprint density at radius 3 is 2.82 bits per heavy atom. The smallest absolute Gasteiger partial charge is 0.244 e. The number of fused-ring (bicyclic) bond motifs is 1. The van der Waals surface area contributed by atoms with Crippen molar-refractivity contribution in [3.8, 4) is 0 Å². The van der Waals surface area contributed by atoms with Crippen LogP contribution in [0.1, 0.15) is 28.7 Å². The molecule has 1 atom stereocenters. The van der Waals surface area contributed by atoms with Gasteiger partial charge in [-0.15, -0.1) is 0 Å². The van der Waals surface area contributed by atoms with Crippen LogP contribution in [0, 0.1) is 13.8 Å². The number of benzene rings is 1. The van der Waals surface area contributed by atoms with Gasteiger partial charge in [0.25, 0.3) is 0 Å². The van der Waals surface area contributed by atoms with Gasteiger partial charge in [0.05, 0.1) is 0 Å². The summed E-state index contributed by atoms with van der Waals surface area (Å²) in [7, 11) is -3.56. The molecular weight excluding hydrogens is 300 g/mol. The molecule has 6 heteroatoms. The topological polar surface area (TPSA) is 71.3 Å². The van der Waals surface area contributed by atoms with E-state index < -0.39 is 10.0 Å². The maximum Gasteiger partial charge on any atom is 0.244 e. The van der Waals surface area contributed by atoms with Gasteiger partial charge >= 0.3 is 0 Å². The maximum atomic E-state index is 12.4. The zero-order chi connectivity index (χ0) is 15.7. The highest BCUT2D eigenvalue weighted by atomic mass is 32.2. The van der Waals surface area contributed by atoms with E-state index >= 15 is 0 Å². The first-order valence-electron chi connectivity index (χ1n) is 7.35. The van der Waals surface area contributed by atoms with Gasteiger partial charge in [0.2, 0.25) is 10.0 Å². The number of hydrogen-bond donors (Lipinski definition) is 2. The molecule has 0 radical (unpaired) electrons. The summed E-state index contributed by atoms with van der Waals surface area (Å²) in [5, 5.41) is 3.37. The molecule has 0 saturated carbocycles. The SMILES string of the molecule is Cc1cc(S(=O)(=O)NCC2NCCc3ccccc32)c(C)o1. The molecule has 0 aliphatic carbocycles. The van der Waals surface area contributed by atoms with E-state index in [1.54, 1.807) is 19.9 Å². The van der Waals surface area contributed by atoms with Gasteiger partial charge in [-0.25, -0.2) is 13.1 Å². The lowest BCUT2D eigenvalue weighted by molar-refractivity contribution is 0.486. The fraction of sp³-hybridized carbons (Fsp3) is 0.375. The van der Waals surface area contributed by atoms with Crippen molar-refractivity contribution in [2.45, 2.75) is 31.2 Å². The number of furan rings is 1. The normalized spacial score (nSPS) is 18.2. The molecule has 118 valence electrons. The lowest BCUT2D eigenvalue weighted by Crippen LogP contribution is -2.38. The van der Waals surface area contributed by atoms with Gasteiger partial charge in [-0.05, 0) is 44.0 Å². The van der Waals surface area contributed by atoms with Crippen molar-refractivity contribution in [1.82, 2.24) is 10.0 Å². The Balaban J connectivity index is 1.77. The van der Waals surface area contributed by atoms with Crippen LogP contribution in [0.3, 0.4) is 0 Å². The second kappa shape index (κ2) is 5.87. The van der Waals surface area contributed by atoms with E-state index in [-0.39, 0.29) is 10.9 Å². The first-order chi connectivity index (χ1) is 10.5. The molecule has 0 bridgehead atoms. The first kappa shape index (κ1) is 15.3. The standard InChI is InChI=1S/C16H20N2O3S/c1-11-9-16(12(2)21-11)22(19,20)18-10-15-14-6-4-3-5-13(14)7-8-17-15/h3-6,9,15,17-18H,7-8,10H2,1-2H3. The molecule has 1 aromatic heterocycles. The van der Waals surface area contributed by atoms with E-state index in [9.17, 15) is 8.42 Å². The minimum absolute atomic E-state index is 0.00645. The summed E-state index contributed by atoms with van der Waals surface area (Å²) in [5.41, 5.74) is 2.44. The van der Waals surface area contributed by atoms with Crippen LogP contribution in [0.25, 0.3) is 0 Å². The van der Waals surface area contributed by atoms with Gasteiger partial charge in [0, 0.05) is 12.6 Å². The minimum atomic E-state index is -3.56. The van der Waals surface area contributed by atoms with E-state index in [0.29, 0.717) is 18.1 Å². The largest absolute Gasteiger partial charge is 0.465 e. The van der Waals surface area contributed by atoms with Crippen LogP contribution < -0.4 is 10.0 Å². The Labute approximate surface area is 130 Å². The molecule has 0 fully saturated rings. The number of hydrogen-bond acceptors (Lipinski definition) is 4. The monoisotopic (exact) mass is 320 g/mol. The third-order valence-corrected chi connectivity index (χ3v) is 5.51. The molecule has 2 aromatic rings. The molecule has 0 saturated heterocycles. The van der Waals surface area contributed by atoms with Gasteiger partial charge in [0.15, 0.2) is 0 Å². The van der Waals surface area contributed by atoms with Crippen molar-refractivity contribution >= 4 is 10.0 Å². The van der Waals surface area contributed by atoms with Crippen molar-refractivity contribution in [1.29, 1.82) is 0 Å². The molecule has 1 aromatic carbocycles. The van der Waals surface area contributed by atoms with Gasteiger partial charge < -0.3 is 9.73 Å². The van der Waals surface area contributed by atoms with E-state index in [1.807, 2.05) is 18.2 Å². The van der Waals surface area contributed by atoms with Gasteiger partial charge in [-0.1, -0.05) is 24.3 Å². The summed E-state index contributed by atoms with van der Waals surface area (Å²) >= 11 is 0. The van der Waals surface area contributed by atoms with E-state index in [0.717, 1.165) is 18.5 Å². The average Bonchev–Trinajstić information content (AvgIpc) is 2.85. The molecule has 2 N–H and O–H groups in total. The predicted molar refractivity (Wildman–Crippen MR) is 84.3 cm³/mol. The van der Waals surface area contributed by atoms with Crippen LogP contribution in [-0.4, -0.2) is 21.5 Å². The summed E-state index contributed by atoms with van der Waals surface area (Å²) < 4.78 is 32.8. The summed E-state index contributed by atoms with van der Waals surface area (Å²) in [6, 6.07) is 9.70. The van der Waals surface area contributed by atoms with Crippen molar-refractivity contribution in [2.24, 2.45) is 0 Å². The van der Waals surface area contributed by atoms with Crippen molar-refractivity contribution in [3.05, 3.63) is 53.0 Å². The Bertz CT molecular complexity index is 780. The summed E-state index contributed by atoms with van der Waals surface area (Å²) in [6.07, 6.45) is 0.972. The quantitative estimate of drug-likeness (QED) is 0.904. The van der Waals surface area contributed by atoms with Crippen LogP contribution in [0.5, 0.6) is 0 Å². The molecular formula is C16H20N2O3S. The van der Waals surface area contributed by atoms with E-state index in [4.69, 9.17) is 4.42 Å². The summed E-state index contributed by atoms with van der Waals surface area (Å²) in [5.74, 6) is 1.01. The Kier molecular flexibility index (Phi) is 4.08. The van der Waals surface area contributed by atoms with Crippen LogP contribution in [0.2, 0.25) is 0 Å². The highest BCUT2D eigenvalue weighted by Gasteiger charge is 2.24. The predicted octanol–water partition coefficient (Wildman–Crippen LogP) is 2.06. The van der Waals surface area contributed by atoms with Crippen LogP contribution >= 0.6 is 0 Å². The number of rotatable bonds is 4. The zero-order valence-electron chi connectivity index (χ0n) is 12.7. The Morgan fingerprint density at radius 1 is 1.32 bits per heavy atom. The Morgan fingerprint density at radius 2 is 2.09 bits per heavy atom. The third kappa shape index (κ3) is 2.95. The molecule has 3 rings (SSSR count). The number of sulfonamides is 1. The first-order valence-corrected chi connectivity index (χ1v) is 8.83. The lowest BCUT2D eigenvalue weighted by Gasteiger charge is -2.27. The summed E-state index contributed by atoms with van der Waals surface area (Å²) in [4.78, 5) is 0.217. The summed E-state index contributed by atoms with van der Waals surface area (Å²) in [6.45, 7) is 4.58. The number of nitrogens with one attached hydrogen (secondary N) is 2. The average molecular weight is 320 g/mol. The van der Waals surface area contributed by atoms with Crippen molar-refractivity contribution in [2.75, 3.05) is 13.1 Å². The van der Waals surface area contributed by atoms with Crippen LogP contribution in [0.15, 0.2) is 39.6 Å². The molecule has 0 spiro atoms. The van der Waals surface area contributed by atoms with Gasteiger partial charge in [-0.3, -0.25) is 0 Å². The molecule has 2 heterocycles. The van der Waals surface area contributed by atoms with E-state index in [2.05, 4.69) is 16.1 Å². The van der Waals surface area contributed by atoms with Crippen LogP contribution in [-0.2, 0) is 16.4 Å². The van der Waals surface area contributed by atoms with Crippen LogP contribution in [0.4, 0.5) is 0 Å². The fourth-order valence-electron chi connectivity index (χ4n) is 2.92. The minimum Gasteiger partial charge on any atom is -0.465 e.